The number of para-hydroxylation sites is 1. The Bertz CT molecular complexity index is 1200. The van der Waals surface area contributed by atoms with Crippen molar-refractivity contribution in [3.05, 3.63) is 89.6 Å². The van der Waals surface area contributed by atoms with Gasteiger partial charge in [0.2, 0.25) is 11.8 Å². The zero-order valence-electron chi connectivity index (χ0n) is 19.4. The molecular weight excluding hydrogens is 473 g/mol. The van der Waals surface area contributed by atoms with Gasteiger partial charge in [0, 0.05) is 44.0 Å². The molecule has 0 atom stereocenters. The van der Waals surface area contributed by atoms with E-state index in [1.165, 1.54) is 24.4 Å². The van der Waals surface area contributed by atoms with Gasteiger partial charge < -0.3 is 15.0 Å². The molecule has 1 aliphatic rings. The molecule has 1 aromatic heterocycles. The minimum atomic E-state index is -4.56. The predicted molar refractivity (Wildman–Crippen MR) is 127 cm³/mol. The average molecular weight is 499 g/mol. The van der Waals surface area contributed by atoms with Gasteiger partial charge in [0.15, 0.2) is 0 Å². The second-order valence-corrected chi connectivity index (χ2v) is 8.32. The highest BCUT2D eigenvalue weighted by Gasteiger charge is 2.33. The van der Waals surface area contributed by atoms with Crippen LogP contribution in [0, 0.1) is 0 Å². The number of ether oxygens (including phenoxy) is 1. The van der Waals surface area contributed by atoms with Crippen molar-refractivity contribution >= 4 is 17.5 Å². The molecule has 36 heavy (non-hydrogen) atoms. The smallest absolute Gasteiger partial charge is 0.418 e. The molecule has 2 heterocycles. The Morgan fingerprint density at radius 3 is 2.36 bits per heavy atom. The van der Waals surface area contributed by atoms with Crippen molar-refractivity contribution < 1.29 is 27.5 Å². The fourth-order valence-corrected chi connectivity index (χ4v) is 3.88. The number of nitrogens with one attached hydrogen (secondary N) is 1. The first-order valence-electron chi connectivity index (χ1n) is 11.4. The van der Waals surface area contributed by atoms with Crippen LogP contribution in [0.3, 0.4) is 0 Å². The maximum absolute atomic E-state index is 13.2. The van der Waals surface area contributed by atoms with Crippen LogP contribution in [-0.4, -0.2) is 59.3 Å². The largest absolute Gasteiger partial charge is 0.473 e. The SMILES string of the molecule is O=C(CN1CCN(C(=O)c2ccnc(OCc3ccccc3)c2)CC1)Nc1ccccc1C(F)(F)F. The maximum atomic E-state index is 13.2. The number of hydrogen-bond acceptors (Lipinski definition) is 5. The molecule has 10 heteroatoms. The number of rotatable bonds is 7. The number of piperazine rings is 1. The number of alkyl halides is 3. The normalized spacial score (nSPS) is 14.4. The van der Waals surface area contributed by atoms with Crippen LogP contribution in [0.25, 0.3) is 0 Å². The molecule has 3 aromatic rings. The molecule has 0 aliphatic carbocycles. The number of anilines is 1. The van der Waals surface area contributed by atoms with Gasteiger partial charge in [-0.25, -0.2) is 4.98 Å². The predicted octanol–water partition coefficient (Wildman–Crippen LogP) is 4.08. The number of benzene rings is 2. The van der Waals surface area contributed by atoms with Crippen LogP contribution in [0.4, 0.5) is 18.9 Å². The van der Waals surface area contributed by atoms with E-state index in [4.69, 9.17) is 4.74 Å². The van der Waals surface area contributed by atoms with Crippen molar-refractivity contribution in [2.24, 2.45) is 0 Å². The lowest BCUT2D eigenvalue weighted by molar-refractivity contribution is -0.137. The van der Waals surface area contributed by atoms with Gasteiger partial charge in [0.05, 0.1) is 17.8 Å². The topological polar surface area (TPSA) is 74.8 Å². The van der Waals surface area contributed by atoms with Crippen LogP contribution in [0.2, 0.25) is 0 Å². The van der Waals surface area contributed by atoms with Gasteiger partial charge in [-0.1, -0.05) is 42.5 Å². The van der Waals surface area contributed by atoms with Gasteiger partial charge in [-0.3, -0.25) is 14.5 Å². The lowest BCUT2D eigenvalue weighted by Crippen LogP contribution is -2.50. The first-order valence-corrected chi connectivity index (χ1v) is 11.4. The quantitative estimate of drug-likeness (QED) is 0.532. The number of halogens is 3. The molecule has 0 radical (unpaired) electrons. The Morgan fingerprint density at radius 2 is 1.64 bits per heavy atom. The molecule has 0 unspecified atom stereocenters. The lowest BCUT2D eigenvalue weighted by Gasteiger charge is -2.34. The van der Waals surface area contributed by atoms with Crippen LogP contribution < -0.4 is 10.1 Å². The van der Waals surface area contributed by atoms with Crippen LogP contribution in [0.1, 0.15) is 21.5 Å². The number of carbonyl (C=O) groups excluding carboxylic acids is 2. The summed E-state index contributed by atoms with van der Waals surface area (Å²) in [5, 5.41) is 2.35. The second-order valence-electron chi connectivity index (χ2n) is 8.32. The molecular formula is C26H25F3N4O3. The van der Waals surface area contributed by atoms with E-state index in [2.05, 4.69) is 10.3 Å². The molecule has 1 N–H and O–H groups in total. The highest BCUT2D eigenvalue weighted by molar-refractivity contribution is 5.95. The Labute approximate surface area is 206 Å². The first-order chi connectivity index (χ1) is 17.3. The van der Waals surface area contributed by atoms with Crippen molar-refractivity contribution in [1.82, 2.24) is 14.8 Å². The second kappa shape index (κ2) is 11.2. The van der Waals surface area contributed by atoms with Gasteiger partial charge >= 0.3 is 6.18 Å². The van der Waals surface area contributed by atoms with E-state index in [-0.39, 0.29) is 18.1 Å². The van der Waals surface area contributed by atoms with E-state index >= 15 is 0 Å². The fraction of sp³-hybridized carbons (Fsp3) is 0.269. The first kappa shape index (κ1) is 25.2. The molecule has 1 aliphatic heterocycles. The molecule has 0 bridgehead atoms. The van der Waals surface area contributed by atoms with E-state index < -0.39 is 17.6 Å². The number of pyridine rings is 1. The molecule has 1 fully saturated rings. The minimum absolute atomic E-state index is 0.0685. The van der Waals surface area contributed by atoms with Gasteiger partial charge in [0.25, 0.3) is 5.91 Å². The summed E-state index contributed by atoms with van der Waals surface area (Å²) in [5.74, 6) is -0.370. The summed E-state index contributed by atoms with van der Waals surface area (Å²) in [4.78, 5) is 33.0. The summed E-state index contributed by atoms with van der Waals surface area (Å²) in [7, 11) is 0. The number of aromatic nitrogens is 1. The van der Waals surface area contributed by atoms with Crippen molar-refractivity contribution in [3.8, 4) is 5.88 Å². The molecule has 1 saturated heterocycles. The number of nitrogens with zero attached hydrogens (tertiary/aromatic N) is 3. The van der Waals surface area contributed by atoms with Crippen molar-refractivity contribution in [2.45, 2.75) is 12.8 Å². The fourth-order valence-electron chi connectivity index (χ4n) is 3.88. The van der Waals surface area contributed by atoms with E-state index in [0.29, 0.717) is 44.2 Å². The van der Waals surface area contributed by atoms with Gasteiger partial charge in [-0.2, -0.15) is 13.2 Å². The Hall–Kier alpha value is -3.92. The van der Waals surface area contributed by atoms with Gasteiger partial charge in [-0.05, 0) is 23.8 Å². The van der Waals surface area contributed by atoms with Crippen LogP contribution in [0.5, 0.6) is 5.88 Å². The summed E-state index contributed by atoms with van der Waals surface area (Å²) in [6.45, 7) is 1.87. The van der Waals surface area contributed by atoms with E-state index in [0.717, 1.165) is 11.6 Å². The van der Waals surface area contributed by atoms with Crippen LogP contribution in [-0.2, 0) is 17.6 Å². The van der Waals surface area contributed by atoms with E-state index in [1.807, 2.05) is 30.3 Å². The monoisotopic (exact) mass is 498 g/mol. The Morgan fingerprint density at radius 1 is 0.944 bits per heavy atom. The third-order valence-corrected chi connectivity index (χ3v) is 5.74. The highest BCUT2D eigenvalue weighted by atomic mass is 19.4. The zero-order valence-corrected chi connectivity index (χ0v) is 19.4. The number of carbonyl (C=O) groups is 2. The van der Waals surface area contributed by atoms with Gasteiger partial charge in [-0.15, -0.1) is 0 Å². The van der Waals surface area contributed by atoms with Crippen molar-refractivity contribution in [2.75, 3.05) is 38.0 Å². The summed E-state index contributed by atoms with van der Waals surface area (Å²) < 4.78 is 45.2. The highest BCUT2D eigenvalue weighted by Crippen LogP contribution is 2.34. The molecule has 4 rings (SSSR count). The third kappa shape index (κ3) is 6.60. The molecule has 7 nitrogen and oxygen atoms in total. The molecule has 0 spiro atoms. The van der Waals surface area contributed by atoms with E-state index in [9.17, 15) is 22.8 Å². The average Bonchev–Trinajstić information content (AvgIpc) is 2.88. The van der Waals surface area contributed by atoms with Gasteiger partial charge in [0.1, 0.15) is 6.61 Å². The summed E-state index contributed by atoms with van der Waals surface area (Å²) >= 11 is 0. The zero-order chi connectivity index (χ0) is 25.5. The van der Waals surface area contributed by atoms with E-state index in [1.54, 1.807) is 21.9 Å². The Balaban J connectivity index is 1.28. The Kier molecular flexibility index (Phi) is 7.84. The van der Waals surface area contributed by atoms with Crippen molar-refractivity contribution in [3.63, 3.8) is 0 Å². The number of hydrogen-bond donors (Lipinski definition) is 1. The standard InChI is InChI=1S/C26H25F3N4O3/c27-26(28,29)21-8-4-5-9-22(21)31-23(34)17-32-12-14-33(15-13-32)25(35)20-10-11-30-24(16-20)36-18-19-6-2-1-3-7-19/h1-11,16H,12-15,17-18H2,(H,31,34). The third-order valence-electron chi connectivity index (χ3n) is 5.74. The molecule has 2 amide bonds. The maximum Gasteiger partial charge on any atom is 0.418 e. The summed E-state index contributed by atoms with van der Waals surface area (Å²) in [5.41, 5.74) is 0.270. The summed E-state index contributed by atoms with van der Waals surface area (Å²) in [6, 6.07) is 17.7. The van der Waals surface area contributed by atoms with Crippen LogP contribution in [0.15, 0.2) is 72.9 Å². The minimum Gasteiger partial charge on any atom is -0.473 e. The molecule has 0 saturated carbocycles. The number of amides is 2. The summed E-state index contributed by atoms with van der Waals surface area (Å²) in [6.07, 6.45) is -3.04. The van der Waals surface area contributed by atoms with Crippen LogP contribution >= 0.6 is 0 Å². The molecule has 188 valence electrons. The lowest BCUT2D eigenvalue weighted by atomic mass is 10.1. The molecule has 2 aromatic carbocycles. The van der Waals surface area contributed by atoms with Crippen molar-refractivity contribution in [1.29, 1.82) is 0 Å².